The fourth-order valence-electron chi connectivity index (χ4n) is 2.67. The van der Waals surface area contributed by atoms with Crippen molar-refractivity contribution < 1.29 is 20.3 Å². The van der Waals surface area contributed by atoms with Crippen molar-refractivity contribution in [3.05, 3.63) is 59.7 Å². The molecule has 0 unspecified atom stereocenters. The van der Waals surface area contributed by atoms with E-state index in [9.17, 15) is 0 Å². The largest absolute Gasteiger partial charge is 1.00 e. The van der Waals surface area contributed by atoms with Crippen LogP contribution in [-0.2, 0) is 5.41 Å². The minimum absolute atomic E-state index is 0. The van der Waals surface area contributed by atoms with Gasteiger partial charge in [0.2, 0.25) is 0 Å². The van der Waals surface area contributed by atoms with Gasteiger partial charge in [0.25, 0.3) is 0 Å². The zero-order valence-corrected chi connectivity index (χ0v) is 10.1. The number of hydrogen-bond donors (Lipinski definition) is 0. The maximum absolute atomic E-state index is 2.30. The molecular formula is C15H15Li. The summed E-state index contributed by atoms with van der Waals surface area (Å²) in [6, 6.07) is 17.4. The molecule has 0 fully saturated rings. The van der Waals surface area contributed by atoms with Crippen LogP contribution in [0.3, 0.4) is 0 Å². The fourth-order valence-corrected chi connectivity index (χ4v) is 2.67. The summed E-state index contributed by atoms with van der Waals surface area (Å²) >= 11 is 0. The van der Waals surface area contributed by atoms with Crippen molar-refractivity contribution in [3.8, 4) is 11.1 Å². The molecular weight excluding hydrogens is 187 g/mol. The van der Waals surface area contributed by atoms with E-state index < -0.39 is 0 Å². The molecule has 0 saturated carbocycles. The molecule has 0 atom stereocenters. The van der Waals surface area contributed by atoms with E-state index in [1.807, 2.05) is 0 Å². The smallest absolute Gasteiger partial charge is 1.00 e. The van der Waals surface area contributed by atoms with Crippen molar-refractivity contribution in [1.29, 1.82) is 0 Å². The molecule has 1 heteroatoms. The van der Waals surface area contributed by atoms with E-state index in [4.69, 9.17) is 0 Å². The molecule has 0 spiro atoms. The van der Waals surface area contributed by atoms with Crippen LogP contribution in [0.1, 0.15) is 26.4 Å². The summed E-state index contributed by atoms with van der Waals surface area (Å²) in [6.45, 7) is 4.61. The number of rotatable bonds is 0. The first-order valence-electron chi connectivity index (χ1n) is 5.40. The van der Waals surface area contributed by atoms with Crippen LogP contribution in [-0.4, -0.2) is 0 Å². The maximum atomic E-state index is 2.30. The van der Waals surface area contributed by atoms with Crippen molar-refractivity contribution in [2.45, 2.75) is 19.3 Å². The second kappa shape index (κ2) is 3.81. The minimum atomic E-state index is 0. The average Bonchev–Trinajstić information content (AvgIpc) is 2.51. The summed E-state index contributed by atoms with van der Waals surface area (Å²) in [4.78, 5) is 0. The van der Waals surface area contributed by atoms with Gasteiger partial charge in [-0.2, -0.15) is 0 Å². The van der Waals surface area contributed by atoms with Crippen molar-refractivity contribution >= 4 is 0 Å². The normalized spacial score (nSPS) is 14.9. The number of hydrogen-bond acceptors (Lipinski definition) is 0. The second-order valence-corrected chi connectivity index (χ2v) is 4.72. The first-order chi connectivity index (χ1) is 7.21. The molecule has 2 aromatic carbocycles. The Morgan fingerprint density at radius 2 is 1.12 bits per heavy atom. The first-order valence-corrected chi connectivity index (χ1v) is 5.40. The van der Waals surface area contributed by atoms with Crippen molar-refractivity contribution in [2.75, 3.05) is 0 Å². The topological polar surface area (TPSA) is 0 Å². The Bertz CT molecular complexity index is 484. The number of benzene rings is 2. The summed E-state index contributed by atoms with van der Waals surface area (Å²) in [6.07, 6.45) is 0. The molecule has 3 rings (SSSR count). The molecule has 0 bridgehead atoms. The van der Waals surface area contributed by atoms with Crippen molar-refractivity contribution in [1.82, 2.24) is 0 Å². The fraction of sp³-hybridized carbons (Fsp3) is 0.200. The van der Waals surface area contributed by atoms with E-state index in [-0.39, 0.29) is 25.7 Å². The molecule has 0 N–H and O–H groups in total. The molecule has 1 aliphatic carbocycles. The molecule has 0 aromatic heterocycles. The minimum Gasteiger partial charge on any atom is -1.00 e. The van der Waals surface area contributed by atoms with Gasteiger partial charge in [0, 0.05) is 5.41 Å². The number of fused-ring (bicyclic) bond motifs is 3. The van der Waals surface area contributed by atoms with Gasteiger partial charge in [0.05, 0.1) is 0 Å². The first kappa shape index (κ1) is 11.5. The molecule has 0 aliphatic heterocycles. The van der Waals surface area contributed by atoms with E-state index in [2.05, 4.69) is 62.4 Å². The monoisotopic (exact) mass is 202 g/mol. The molecule has 0 amide bonds. The van der Waals surface area contributed by atoms with Gasteiger partial charge >= 0.3 is 18.9 Å². The van der Waals surface area contributed by atoms with Gasteiger partial charge in [-0.05, 0) is 22.3 Å². The second-order valence-electron chi connectivity index (χ2n) is 4.72. The van der Waals surface area contributed by atoms with Gasteiger partial charge in [-0.15, -0.1) is 0 Å². The van der Waals surface area contributed by atoms with Gasteiger partial charge in [0.15, 0.2) is 0 Å². The van der Waals surface area contributed by atoms with Crippen LogP contribution in [0.15, 0.2) is 48.5 Å². The van der Waals surface area contributed by atoms with Gasteiger partial charge in [-0.25, -0.2) is 0 Å². The van der Waals surface area contributed by atoms with Gasteiger partial charge in [-0.3, -0.25) is 0 Å². The quantitative estimate of drug-likeness (QED) is 0.561. The van der Waals surface area contributed by atoms with Crippen LogP contribution in [0.5, 0.6) is 0 Å². The average molecular weight is 202 g/mol. The van der Waals surface area contributed by atoms with Crippen LogP contribution in [0.2, 0.25) is 0 Å². The van der Waals surface area contributed by atoms with Gasteiger partial charge in [-0.1, -0.05) is 62.4 Å². The Balaban J connectivity index is 0.000000722. The Morgan fingerprint density at radius 1 is 0.750 bits per heavy atom. The van der Waals surface area contributed by atoms with E-state index in [0.29, 0.717) is 0 Å². The van der Waals surface area contributed by atoms with E-state index >= 15 is 0 Å². The molecule has 0 radical (unpaired) electrons. The van der Waals surface area contributed by atoms with Gasteiger partial charge in [0.1, 0.15) is 0 Å². The summed E-state index contributed by atoms with van der Waals surface area (Å²) in [5, 5.41) is 0. The molecule has 16 heavy (non-hydrogen) atoms. The van der Waals surface area contributed by atoms with Crippen molar-refractivity contribution in [3.63, 3.8) is 0 Å². The Hall–Kier alpha value is -0.963. The van der Waals surface area contributed by atoms with E-state index in [1.54, 1.807) is 0 Å². The third kappa shape index (κ3) is 1.38. The zero-order chi connectivity index (χ0) is 10.5. The molecule has 0 nitrogen and oxygen atoms in total. The molecule has 1 aliphatic rings. The Labute approximate surface area is 110 Å². The van der Waals surface area contributed by atoms with E-state index in [0.717, 1.165) is 0 Å². The zero-order valence-electron chi connectivity index (χ0n) is 11.1. The molecule has 0 heterocycles. The third-order valence-corrected chi connectivity index (χ3v) is 3.49. The van der Waals surface area contributed by atoms with E-state index in [1.165, 1.54) is 22.3 Å². The molecule has 76 valence electrons. The van der Waals surface area contributed by atoms with Gasteiger partial charge < -0.3 is 1.43 Å². The standard InChI is InChI=1S/C15H14.Li.H/c1-15(2)13-9-5-3-7-11(13)12-8-4-6-10-14(12)15;;/h3-10H,1-2H3;;/q;+1;-1. The Kier molecular flexibility index (Phi) is 2.74. The Morgan fingerprint density at radius 3 is 1.56 bits per heavy atom. The predicted molar refractivity (Wildman–Crippen MR) is 65.1 cm³/mol. The molecule has 2 aromatic rings. The molecule has 0 saturated heterocycles. The van der Waals surface area contributed by atoms with Crippen LogP contribution in [0.4, 0.5) is 0 Å². The van der Waals surface area contributed by atoms with Crippen LogP contribution >= 0.6 is 0 Å². The van der Waals surface area contributed by atoms with Crippen LogP contribution < -0.4 is 18.9 Å². The summed E-state index contributed by atoms with van der Waals surface area (Å²) in [5.74, 6) is 0. The summed E-state index contributed by atoms with van der Waals surface area (Å²) in [5.41, 5.74) is 5.86. The van der Waals surface area contributed by atoms with Crippen molar-refractivity contribution in [2.24, 2.45) is 0 Å². The SMILES string of the molecule is CC1(C)c2ccccc2-c2ccccc21.[H-].[Li+]. The summed E-state index contributed by atoms with van der Waals surface area (Å²) < 4.78 is 0. The maximum Gasteiger partial charge on any atom is 1.00 e. The third-order valence-electron chi connectivity index (χ3n) is 3.49. The van der Waals surface area contributed by atoms with Crippen LogP contribution in [0.25, 0.3) is 11.1 Å². The predicted octanol–water partition coefficient (Wildman–Crippen LogP) is 1.11. The van der Waals surface area contributed by atoms with Crippen LogP contribution in [0, 0.1) is 0 Å². The summed E-state index contributed by atoms with van der Waals surface area (Å²) in [7, 11) is 0.